The van der Waals surface area contributed by atoms with E-state index < -0.39 is 5.91 Å². The maximum absolute atomic E-state index is 10.9. The second kappa shape index (κ2) is 4.42. The fraction of sp³-hybridized carbons (Fsp3) is 0.0909. The highest BCUT2D eigenvalue weighted by Gasteiger charge is 2.08. The zero-order valence-corrected chi connectivity index (χ0v) is 9.33. The van der Waals surface area contributed by atoms with Crippen LogP contribution in [0.2, 0.25) is 0 Å². The Morgan fingerprint density at radius 3 is 2.88 bits per heavy atom. The molecular weight excluding hydrogens is 222 g/mol. The van der Waals surface area contributed by atoms with E-state index in [1.165, 1.54) is 11.3 Å². The molecule has 0 atom stereocenters. The first-order valence-electron chi connectivity index (χ1n) is 4.75. The van der Waals surface area contributed by atoms with Gasteiger partial charge in [-0.3, -0.25) is 4.79 Å². The van der Waals surface area contributed by atoms with Gasteiger partial charge in [0.25, 0.3) is 5.91 Å². The lowest BCUT2D eigenvalue weighted by Crippen LogP contribution is -2.10. The number of benzene rings is 1. The Kier molecular flexibility index (Phi) is 2.98. The van der Waals surface area contributed by atoms with Gasteiger partial charge in [0.05, 0.1) is 0 Å². The first-order valence-corrected chi connectivity index (χ1v) is 5.63. The van der Waals surface area contributed by atoms with Crippen molar-refractivity contribution in [1.29, 1.82) is 0 Å². The van der Waals surface area contributed by atoms with E-state index in [0.717, 1.165) is 16.1 Å². The van der Waals surface area contributed by atoms with Crippen molar-refractivity contribution in [2.45, 2.75) is 6.54 Å². The average molecular weight is 233 g/mol. The molecule has 5 heteroatoms. The van der Waals surface area contributed by atoms with Gasteiger partial charge in [-0.1, -0.05) is 18.2 Å². The minimum atomic E-state index is -0.502. The van der Waals surface area contributed by atoms with Crippen LogP contribution in [0.5, 0.6) is 0 Å². The minimum absolute atomic E-state index is 0.304. The van der Waals surface area contributed by atoms with Crippen molar-refractivity contribution in [3.63, 3.8) is 0 Å². The Morgan fingerprint density at radius 2 is 2.25 bits per heavy atom. The van der Waals surface area contributed by atoms with Crippen LogP contribution in [0.15, 0.2) is 29.6 Å². The molecule has 82 valence electrons. The summed E-state index contributed by atoms with van der Waals surface area (Å²) in [4.78, 5) is 15.1. The van der Waals surface area contributed by atoms with Crippen LogP contribution in [0, 0.1) is 0 Å². The lowest BCUT2D eigenvalue weighted by Gasteiger charge is -1.99. The summed E-state index contributed by atoms with van der Waals surface area (Å²) in [6.07, 6.45) is 0. The molecule has 4 nitrogen and oxygen atoms in total. The molecule has 0 spiro atoms. The molecule has 0 fully saturated rings. The van der Waals surface area contributed by atoms with Crippen LogP contribution in [0.4, 0.5) is 0 Å². The second-order valence-electron chi connectivity index (χ2n) is 3.31. The summed E-state index contributed by atoms with van der Waals surface area (Å²) in [5.74, 6) is -0.502. The largest absolute Gasteiger partial charge is 0.364 e. The van der Waals surface area contributed by atoms with Crippen molar-refractivity contribution < 1.29 is 4.79 Å². The highest BCUT2D eigenvalue weighted by atomic mass is 32.1. The highest BCUT2D eigenvalue weighted by Crippen LogP contribution is 2.24. The molecule has 0 bridgehead atoms. The zero-order chi connectivity index (χ0) is 11.5. The summed E-state index contributed by atoms with van der Waals surface area (Å²) in [7, 11) is 0. The van der Waals surface area contributed by atoms with Gasteiger partial charge < -0.3 is 11.5 Å². The highest BCUT2D eigenvalue weighted by molar-refractivity contribution is 7.13. The average Bonchev–Trinajstić information content (AvgIpc) is 2.78. The molecule has 4 N–H and O–H groups in total. The normalized spacial score (nSPS) is 10.3. The Bertz CT molecular complexity index is 521. The molecule has 1 amide bonds. The number of nitrogens with zero attached hydrogens (tertiary/aromatic N) is 1. The van der Waals surface area contributed by atoms with Crippen LogP contribution >= 0.6 is 11.3 Å². The van der Waals surface area contributed by atoms with E-state index >= 15 is 0 Å². The number of thiazole rings is 1. The van der Waals surface area contributed by atoms with Crippen molar-refractivity contribution in [2.75, 3.05) is 0 Å². The maximum atomic E-state index is 10.9. The van der Waals surface area contributed by atoms with Crippen LogP contribution in [-0.2, 0) is 6.54 Å². The number of hydrogen-bond donors (Lipinski definition) is 2. The number of rotatable bonds is 3. The van der Waals surface area contributed by atoms with E-state index in [2.05, 4.69) is 4.98 Å². The van der Waals surface area contributed by atoms with E-state index in [-0.39, 0.29) is 0 Å². The fourth-order valence-corrected chi connectivity index (χ4v) is 2.16. The Labute approximate surface area is 96.9 Å². The van der Waals surface area contributed by atoms with Gasteiger partial charge in [0.15, 0.2) is 0 Å². The molecule has 0 radical (unpaired) electrons. The van der Waals surface area contributed by atoms with Crippen LogP contribution in [0.3, 0.4) is 0 Å². The van der Waals surface area contributed by atoms with E-state index in [4.69, 9.17) is 11.5 Å². The van der Waals surface area contributed by atoms with Crippen molar-refractivity contribution >= 4 is 17.2 Å². The molecule has 0 unspecified atom stereocenters. The third kappa shape index (κ3) is 2.10. The summed E-state index contributed by atoms with van der Waals surface area (Å²) in [5.41, 5.74) is 13.0. The Morgan fingerprint density at radius 1 is 1.44 bits per heavy atom. The van der Waals surface area contributed by atoms with Gasteiger partial charge in [-0.2, -0.15) is 0 Å². The molecule has 2 rings (SSSR count). The minimum Gasteiger partial charge on any atom is -0.364 e. The van der Waals surface area contributed by atoms with Gasteiger partial charge in [-0.05, 0) is 11.6 Å². The van der Waals surface area contributed by atoms with Gasteiger partial charge in [0.1, 0.15) is 10.7 Å². The summed E-state index contributed by atoms with van der Waals surface area (Å²) < 4.78 is 0. The number of carbonyl (C=O) groups is 1. The fourth-order valence-electron chi connectivity index (χ4n) is 1.35. The Hall–Kier alpha value is -1.72. The van der Waals surface area contributed by atoms with Crippen molar-refractivity contribution in [2.24, 2.45) is 11.5 Å². The predicted molar refractivity (Wildman–Crippen MR) is 64.0 cm³/mol. The third-order valence-electron chi connectivity index (χ3n) is 2.17. The molecule has 0 aliphatic carbocycles. The van der Waals surface area contributed by atoms with E-state index in [0.29, 0.717) is 12.2 Å². The molecule has 1 aromatic heterocycles. The topological polar surface area (TPSA) is 82.0 Å². The van der Waals surface area contributed by atoms with Gasteiger partial charge in [-0.25, -0.2) is 4.98 Å². The molecule has 0 aliphatic rings. The van der Waals surface area contributed by atoms with Crippen molar-refractivity contribution in [3.05, 3.63) is 40.9 Å². The SMILES string of the molecule is NCc1cccc(-c2nc(C(N)=O)cs2)c1. The third-order valence-corrected chi connectivity index (χ3v) is 3.06. The molecule has 0 saturated carbocycles. The predicted octanol–water partition coefficient (Wildman–Crippen LogP) is 1.37. The standard InChI is InChI=1S/C11H11N3OS/c12-5-7-2-1-3-8(4-7)11-14-9(6-16-11)10(13)15/h1-4,6H,5,12H2,(H2,13,15). The molecule has 16 heavy (non-hydrogen) atoms. The van der Waals surface area contributed by atoms with Gasteiger partial charge in [-0.15, -0.1) is 11.3 Å². The number of carbonyl (C=O) groups excluding carboxylic acids is 1. The molecule has 1 heterocycles. The second-order valence-corrected chi connectivity index (χ2v) is 4.16. The molecule has 0 aliphatic heterocycles. The molecular formula is C11H11N3OS. The first kappa shape index (κ1) is 10.8. The van der Waals surface area contributed by atoms with Gasteiger partial charge in [0, 0.05) is 17.5 Å². The van der Waals surface area contributed by atoms with Gasteiger partial charge in [0.2, 0.25) is 0 Å². The zero-order valence-electron chi connectivity index (χ0n) is 8.51. The summed E-state index contributed by atoms with van der Waals surface area (Å²) in [5, 5.41) is 2.44. The van der Waals surface area contributed by atoms with Gasteiger partial charge >= 0.3 is 0 Å². The number of aromatic nitrogens is 1. The summed E-state index contributed by atoms with van der Waals surface area (Å²) >= 11 is 1.40. The number of amides is 1. The number of hydrogen-bond acceptors (Lipinski definition) is 4. The summed E-state index contributed by atoms with van der Waals surface area (Å²) in [6, 6.07) is 7.77. The van der Waals surface area contributed by atoms with Crippen molar-refractivity contribution in [1.82, 2.24) is 4.98 Å². The molecule has 1 aromatic carbocycles. The Balaban J connectivity index is 2.38. The van der Waals surface area contributed by atoms with E-state index in [9.17, 15) is 4.79 Å². The maximum Gasteiger partial charge on any atom is 0.268 e. The van der Waals surface area contributed by atoms with Crippen LogP contribution in [0.25, 0.3) is 10.6 Å². The van der Waals surface area contributed by atoms with Crippen LogP contribution in [0.1, 0.15) is 16.1 Å². The van der Waals surface area contributed by atoms with Crippen LogP contribution in [-0.4, -0.2) is 10.9 Å². The first-order chi connectivity index (χ1) is 7.70. The number of nitrogens with two attached hydrogens (primary N) is 2. The summed E-state index contributed by atoms with van der Waals surface area (Å²) in [6.45, 7) is 0.488. The molecule has 0 saturated heterocycles. The lowest BCUT2D eigenvalue weighted by atomic mass is 10.1. The van der Waals surface area contributed by atoms with E-state index in [1.807, 2.05) is 24.3 Å². The smallest absolute Gasteiger partial charge is 0.268 e. The van der Waals surface area contributed by atoms with E-state index in [1.54, 1.807) is 5.38 Å². The van der Waals surface area contributed by atoms with Crippen molar-refractivity contribution in [3.8, 4) is 10.6 Å². The van der Waals surface area contributed by atoms with Crippen LogP contribution < -0.4 is 11.5 Å². The molecule has 2 aromatic rings. The lowest BCUT2D eigenvalue weighted by molar-refractivity contribution is 0.0996. The monoisotopic (exact) mass is 233 g/mol. The quantitative estimate of drug-likeness (QED) is 0.840. The number of primary amides is 1.